The minimum absolute atomic E-state index is 0.0385. The number of hydrogen-bond acceptors (Lipinski definition) is 19. The molecular weight excluding hydrogens is 881 g/mol. The largest absolute Gasteiger partial charge is 0.432 e. The van der Waals surface area contributed by atoms with Crippen molar-refractivity contribution in [2.45, 2.75) is 211 Å². The lowest BCUT2D eigenvalue weighted by atomic mass is 9.33. The average molecular weight is 959 g/mol. The van der Waals surface area contributed by atoms with E-state index < -0.39 is 145 Å². The molecule has 4 saturated carbocycles. The highest BCUT2D eigenvalue weighted by molar-refractivity contribution is 5.79. The number of ether oxygens (including phenoxy) is 6. The van der Waals surface area contributed by atoms with Gasteiger partial charge < -0.3 is 89.7 Å². The molecule has 0 unspecified atom stereocenters. The fraction of sp³-hybridized carbons (Fsp3) is 0.938. The van der Waals surface area contributed by atoms with Crippen LogP contribution < -0.4 is 0 Å². The molecule has 0 aromatic carbocycles. The van der Waals surface area contributed by atoms with E-state index >= 15 is 4.79 Å². The Kier molecular flexibility index (Phi) is 14.1. The number of rotatable bonds is 9. The summed E-state index contributed by atoms with van der Waals surface area (Å²) < 4.78 is 36.3. The maximum absolute atomic E-state index is 15.5. The topological polar surface area (TPSA) is 315 Å². The van der Waals surface area contributed by atoms with Crippen LogP contribution in [0, 0.1) is 50.2 Å². The third-order valence-electron chi connectivity index (χ3n) is 19.4. The van der Waals surface area contributed by atoms with E-state index in [1.807, 2.05) is 6.92 Å². The molecule has 7 fully saturated rings. The predicted octanol–water partition coefficient (Wildman–Crippen LogP) is -0.889. The van der Waals surface area contributed by atoms with Crippen molar-refractivity contribution in [2.24, 2.45) is 50.2 Å². The minimum atomic E-state index is -1.95. The molecule has 0 aromatic heterocycles. The van der Waals surface area contributed by atoms with Crippen molar-refractivity contribution >= 4 is 5.97 Å². The lowest BCUT2D eigenvalue weighted by Gasteiger charge is -2.71. The van der Waals surface area contributed by atoms with Crippen molar-refractivity contribution < 1.29 is 94.5 Å². The van der Waals surface area contributed by atoms with Gasteiger partial charge in [-0.25, -0.2) is 0 Å². The van der Waals surface area contributed by atoms with Crippen molar-refractivity contribution in [3.05, 3.63) is 11.6 Å². The Hall–Kier alpha value is -1.47. The fourth-order valence-electron chi connectivity index (χ4n) is 15.0. The van der Waals surface area contributed by atoms with Crippen molar-refractivity contribution in [1.29, 1.82) is 0 Å². The summed E-state index contributed by atoms with van der Waals surface area (Å²) in [6.45, 7) is 12.7. The summed E-state index contributed by atoms with van der Waals surface area (Å²) in [7, 11) is 0. The second-order valence-electron chi connectivity index (χ2n) is 23.5. The zero-order valence-electron chi connectivity index (χ0n) is 39.8. The molecule has 5 aliphatic carbocycles. The van der Waals surface area contributed by atoms with Crippen LogP contribution in [0.25, 0.3) is 0 Å². The first-order chi connectivity index (χ1) is 31.3. The van der Waals surface area contributed by atoms with E-state index in [9.17, 15) is 61.3 Å². The van der Waals surface area contributed by atoms with E-state index in [1.54, 1.807) is 0 Å². The summed E-state index contributed by atoms with van der Waals surface area (Å²) in [6.07, 6.45) is -19.9. The summed E-state index contributed by atoms with van der Waals surface area (Å²) >= 11 is 0. The highest BCUT2D eigenvalue weighted by atomic mass is 16.8. The molecule has 8 rings (SSSR count). The van der Waals surface area contributed by atoms with Crippen molar-refractivity contribution in [2.75, 3.05) is 19.8 Å². The number of hydrogen-bond donors (Lipinski definition) is 12. The zero-order valence-corrected chi connectivity index (χ0v) is 39.8. The number of carbonyl (C=O) groups excluding carboxylic acids is 1. The molecule has 0 aromatic rings. The lowest BCUT2D eigenvalue weighted by Crippen LogP contribution is -2.68. The van der Waals surface area contributed by atoms with Gasteiger partial charge in [-0.2, -0.15) is 0 Å². The molecule has 8 aliphatic rings. The quantitative estimate of drug-likeness (QED) is 0.0986. The van der Waals surface area contributed by atoms with Crippen LogP contribution in [0.15, 0.2) is 11.6 Å². The Morgan fingerprint density at radius 2 is 1.24 bits per heavy atom. The SMILES string of the molecule is C[C@@H]1O[C@@H](O[C@H]2[C@H](OC(=O)[C@]34CCC(C)(C)C[C@H]3C3=CC[C@@H]5[C@@]6(C)C[C@H](O)[C@H](O)[C@@](C)(CO)[C@@H]6CC[C@@]5(C)[C@]3(C)CC4)O[C@H](CO)[C@@H](O)[C@@H]2O[C@@H]2O[C@H](CO)[C@@H](O)[C@H](O)[C@H]2O)[C@H](O)[C@H](O)[C@H]1O. The highest BCUT2D eigenvalue weighted by Crippen LogP contribution is 2.76. The second-order valence-corrected chi connectivity index (χ2v) is 23.5. The summed E-state index contributed by atoms with van der Waals surface area (Å²) in [6, 6.07) is 0. The van der Waals surface area contributed by atoms with Gasteiger partial charge in [0, 0.05) is 5.41 Å². The Morgan fingerprint density at radius 3 is 1.88 bits per heavy atom. The molecule has 0 spiro atoms. The van der Waals surface area contributed by atoms with Crippen LogP contribution in [0.3, 0.4) is 0 Å². The van der Waals surface area contributed by atoms with Gasteiger partial charge in [0.1, 0.15) is 61.0 Å². The number of carbonyl (C=O) groups is 1. The van der Waals surface area contributed by atoms with Crippen LogP contribution in [0.5, 0.6) is 0 Å². The van der Waals surface area contributed by atoms with Crippen LogP contribution in [0.4, 0.5) is 0 Å². The lowest BCUT2D eigenvalue weighted by molar-refractivity contribution is -0.387. The highest BCUT2D eigenvalue weighted by Gasteiger charge is 2.71. The van der Waals surface area contributed by atoms with E-state index in [4.69, 9.17) is 28.4 Å². The average Bonchev–Trinajstić information content (AvgIpc) is 3.28. The molecule has 19 nitrogen and oxygen atoms in total. The molecule has 0 radical (unpaired) electrons. The molecule has 3 saturated heterocycles. The van der Waals surface area contributed by atoms with Gasteiger partial charge in [-0.3, -0.25) is 4.79 Å². The summed E-state index contributed by atoms with van der Waals surface area (Å²) in [4.78, 5) is 15.5. The van der Waals surface area contributed by atoms with Gasteiger partial charge >= 0.3 is 5.97 Å². The number of esters is 1. The number of allylic oxidation sites excluding steroid dienone is 2. The van der Waals surface area contributed by atoms with Gasteiger partial charge in [0.15, 0.2) is 18.7 Å². The normalized spacial score (nSPS) is 55.2. The van der Waals surface area contributed by atoms with E-state index in [0.29, 0.717) is 44.9 Å². The Balaban J connectivity index is 1.15. The molecule has 25 atom stereocenters. The molecule has 0 amide bonds. The Bertz CT molecular complexity index is 1830. The summed E-state index contributed by atoms with van der Waals surface area (Å²) in [5.41, 5.74) is -2.11. The van der Waals surface area contributed by atoms with E-state index in [2.05, 4.69) is 40.7 Å². The van der Waals surface area contributed by atoms with Gasteiger partial charge in [0.2, 0.25) is 6.29 Å². The van der Waals surface area contributed by atoms with Crippen molar-refractivity contribution in [3.8, 4) is 0 Å². The maximum atomic E-state index is 15.5. The molecule has 3 heterocycles. The number of aliphatic hydroxyl groups excluding tert-OH is 12. The van der Waals surface area contributed by atoms with Crippen LogP contribution in [0.2, 0.25) is 0 Å². The van der Waals surface area contributed by atoms with Crippen LogP contribution >= 0.6 is 0 Å². The van der Waals surface area contributed by atoms with Gasteiger partial charge in [0.05, 0.1) is 43.5 Å². The monoisotopic (exact) mass is 959 g/mol. The predicted molar refractivity (Wildman–Crippen MR) is 232 cm³/mol. The first-order valence-electron chi connectivity index (χ1n) is 24.4. The number of fused-ring (bicyclic) bond motifs is 7. The van der Waals surface area contributed by atoms with Gasteiger partial charge in [-0.1, -0.05) is 53.2 Å². The zero-order chi connectivity index (χ0) is 49.1. The summed E-state index contributed by atoms with van der Waals surface area (Å²) in [5.74, 6) is -0.901. The molecule has 0 bridgehead atoms. The minimum Gasteiger partial charge on any atom is -0.432 e. The molecule has 19 heteroatoms. The third-order valence-corrected chi connectivity index (χ3v) is 19.4. The number of aliphatic hydroxyl groups is 12. The molecule has 67 heavy (non-hydrogen) atoms. The van der Waals surface area contributed by atoms with Gasteiger partial charge in [0.25, 0.3) is 0 Å². The molecule has 3 aliphatic heterocycles. The molecule has 384 valence electrons. The van der Waals surface area contributed by atoms with Crippen LogP contribution in [-0.2, 0) is 33.2 Å². The van der Waals surface area contributed by atoms with Gasteiger partial charge in [-0.15, -0.1) is 0 Å². The second kappa shape index (κ2) is 18.2. The van der Waals surface area contributed by atoms with Crippen molar-refractivity contribution in [1.82, 2.24) is 0 Å². The first-order valence-corrected chi connectivity index (χ1v) is 24.4. The van der Waals surface area contributed by atoms with Gasteiger partial charge in [-0.05, 0) is 104 Å². The smallest absolute Gasteiger partial charge is 0.315 e. The van der Waals surface area contributed by atoms with E-state index in [1.165, 1.54) is 6.92 Å². The Morgan fingerprint density at radius 1 is 0.657 bits per heavy atom. The van der Waals surface area contributed by atoms with Crippen molar-refractivity contribution in [3.63, 3.8) is 0 Å². The first kappa shape index (κ1) is 51.9. The summed E-state index contributed by atoms with van der Waals surface area (Å²) in [5, 5.41) is 130. The third kappa shape index (κ3) is 8.01. The fourth-order valence-corrected chi connectivity index (χ4v) is 15.0. The van der Waals surface area contributed by atoms with Crippen LogP contribution in [0.1, 0.15) is 106 Å². The molecular formula is C48H78O19. The Labute approximate surface area is 392 Å². The standard InChI is InChI=1S/C48H78O19/c1-21-29(53)32(56)34(58)39(62-21)66-37-36(65-40-35(59)33(57)30(54)25(18-49)63-40)31(55)26(19-50)64-41(37)67-42(61)48-14-12-43(2,3)16-23(48)22-8-9-28-44(4)17-24(52)38(60)45(5,20-51)27(44)10-11-47(28,7)46(22,6)13-15-48/h8,21,23-41,49-60H,9-20H2,1-7H3/t21-,23-,24-,25+,26+,27+,28+,29-,30+,31+,32+,33-,34+,35+,36-,37+,38-,39-,40-,41-,44-,45-,46+,47+,48-/m0/s1. The molecule has 12 N–H and O–H groups in total. The van der Waals surface area contributed by atoms with E-state index in [-0.39, 0.29) is 35.2 Å². The van der Waals surface area contributed by atoms with Crippen LogP contribution in [-0.4, -0.2) is 191 Å². The van der Waals surface area contributed by atoms with E-state index in [0.717, 1.165) is 18.4 Å². The maximum Gasteiger partial charge on any atom is 0.315 e.